The molecule has 4 aromatic rings. The van der Waals surface area contributed by atoms with E-state index < -0.39 is 0 Å². The van der Waals surface area contributed by atoms with Crippen molar-refractivity contribution in [3.63, 3.8) is 0 Å². The van der Waals surface area contributed by atoms with Gasteiger partial charge in [-0.3, -0.25) is 14.9 Å². The summed E-state index contributed by atoms with van der Waals surface area (Å²) in [6, 6.07) is 16.3. The molecule has 0 aliphatic carbocycles. The second-order valence-corrected chi connectivity index (χ2v) is 10.5. The number of benzene rings is 2. The summed E-state index contributed by atoms with van der Waals surface area (Å²) < 4.78 is 33.3. The van der Waals surface area contributed by atoms with Gasteiger partial charge >= 0.3 is 0 Å². The fourth-order valence-electron chi connectivity index (χ4n) is 5.79. The quantitative estimate of drug-likeness (QED) is 0.156. The summed E-state index contributed by atoms with van der Waals surface area (Å²) in [6.45, 7) is 2.67. The molecule has 10 nitrogen and oxygen atoms in total. The van der Waals surface area contributed by atoms with Crippen LogP contribution in [0.2, 0.25) is 0 Å². The second kappa shape index (κ2) is 17.9. The van der Waals surface area contributed by atoms with Crippen LogP contribution in [-0.2, 0) is 6.54 Å². The van der Waals surface area contributed by atoms with Gasteiger partial charge in [-0.15, -0.1) is 37.2 Å². The van der Waals surface area contributed by atoms with E-state index in [1.54, 1.807) is 42.7 Å². The number of methoxy groups -OCH3 is 6. The van der Waals surface area contributed by atoms with Crippen LogP contribution in [0.5, 0.6) is 34.5 Å². The number of nitrogens with zero attached hydrogens (tertiary/aromatic N) is 4. The molecule has 2 aromatic heterocycles. The standard InChI is InChI=1S/C34H40N4O6.3ClH/c1-37(25-10-13-35-27(19-25)23-15-28(39-2)33(43-6)29(16-23)40-3)26-11-14-38(21-26)20-22-9-8-12-36-32(22)24-17-30(41-4)34(44-7)31(18-24)42-5;;;/h8-10,12-13,15-19,26H,11,14,20-21H2,1-7H3;3*1H/t26-;;;/m0.../s1. The highest BCUT2D eigenvalue weighted by Gasteiger charge is 2.27. The fourth-order valence-corrected chi connectivity index (χ4v) is 5.79. The second-order valence-electron chi connectivity index (χ2n) is 10.5. The molecule has 5 rings (SSSR count). The van der Waals surface area contributed by atoms with Gasteiger partial charge in [0.1, 0.15) is 0 Å². The minimum Gasteiger partial charge on any atom is -0.493 e. The van der Waals surface area contributed by atoms with Gasteiger partial charge in [0.05, 0.1) is 54.0 Å². The van der Waals surface area contributed by atoms with Gasteiger partial charge in [0.25, 0.3) is 0 Å². The number of ether oxygens (including phenoxy) is 6. The van der Waals surface area contributed by atoms with Crippen LogP contribution in [0, 0.1) is 0 Å². The molecule has 1 atom stereocenters. The van der Waals surface area contributed by atoms with Crippen molar-refractivity contribution < 1.29 is 28.4 Å². The van der Waals surface area contributed by atoms with E-state index in [4.69, 9.17) is 33.4 Å². The van der Waals surface area contributed by atoms with E-state index in [9.17, 15) is 0 Å². The van der Waals surface area contributed by atoms with Crippen molar-refractivity contribution in [2.24, 2.45) is 0 Å². The predicted octanol–water partition coefficient (Wildman–Crippen LogP) is 6.84. The molecule has 1 saturated heterocycles. The first-order valence-electron chi connectivity index (χ1n) is 14.4. The van der Waals surface area contributed by atoms with Gasteiger partial charge in [0.15, 0.2) is 23.0 Å². The van der Waals surface area contributed by atoms with Gasteiger partial charge in [0.2, 0.25) is 11.5 Å². The van der Waals surface area contributed by atoms with Gasteiger partial charge in [0, 0.05) is 61.9 Å². The molecular formula is C34H43Cl3N4O6. The smallest absolute Gasteiger partial charge is 0.203 e. The molecule has 3 heterocycles. The third-order valence-electron chi connectivity index (χ3n) is 8.13. The average molecular weight is 710 g/mol. The van der Waals surface area contributed by atoms with Crippen LogP contribution in [0.25, 0.3) is 22.5 Å². The van der Waals surface area contributed by atoms with Gasteiger partial charge in [-0.2, -0.15) is 0 Å². The number of likely N-dealkylation sites (tertiary alicyclic amines) is 1. The summed E-state index contributed by atoms with van der Waals surface area (Å²) in [6.07, 6.45) is 4.70. The fraction of sp³-hybridized carbons (Fsp3) is 0.353. The van der Waals surface area contributed by atoms with E-state index >= 15 is 0 Å². The molecule has 1 aliphatic heterocycles. The Balaban J connectivity index is 0.00000256. The summed E-state index contributed by atoms with van der Waals surface area (Å²) in [5.41, 5.74) is 5.76. The van der Waals surface area contributed by atoms with Crippen molar-refractivity contribution in [1.29, 1.82) is 0 Å². The SMILES string of the molecule is COc1cc(-c2cc(N(C)[C@H]3CCN(Cc4cccnc4-c4cc(OC)c(OC)c(OC)c4)C3)ccn2)cc(OC)c1OC.Cl.Cl.Cl. The van der Waals surface area contributed by atoms with E-state index in [-0.39, 0.29) is 37.2 Å². The Bertz CT molecular complexity index is 1560. The van der Waals surface area contributed by atoms with Crippen LogP contribution in [0.15, 0.2) is 60.9 Å². The van der Waals surface area contributed by atoms with Gasteiger partial charge in [-0.25, -0.2) is 0 Å². The highest BCUT2D eigenvalue weighted by atomic mass is 35.5. The Morgan fingerprint density at radius 3 is 1.79 bits per heavy atom. The van der Waals surface area contributed by atoms with Crippen molar-refractivity contribution in [1.82, 2.24) is 14.9 Å². The zero-order valence-corrected chi connectivity index (χ0v) is 30.1. The molecule has 2 aromatic carbocycles. The highest BCUT2D eigenvalue weighted by molar-refractivity contribution is 5.86. The van der Waals surface area contributed by atoms with Crippen molar-refractivity contribution >= 4 is 42.9 Å². The first-order valence-corrected chi connectivity index (χ1v) is 14.4. The van der Waals surface area contributed by atoms with E-state index in [1.807, 2.05) is 48.8 Å². The molecule has 0 N–H and O–H groups in total. The first kappa shape index (κ1) is 39.3. The summed E-state index contributed by atoms with van der Waals surface area (Å²) >= 11 is 0. The molecule has 0 saturated carbocycles. The number of likely N-dealkylation sites (N-methyl/N-ethyl adjacent to an activating group) is 1. The predicted molar refractivity (Wildman–Crippen MR) is 192 cm³/mol. The molecule has 0 bridgehead atoms. The number of hydrogen-bond donors (Lipinski definition) is 0. The largest absolute Gasteiger partial charge is 0.493 e. The number of aromatic nitrogens is 2. The van der Waals surface area contributed by atoms with Crippen molar-refractivity contribution in [3.05, 3.63) is 66.5 Å². The summed E-state index contributed by atoms with van der Waals surface area (Å²) in [7, 11) is 11.8. The molecule has 0 spiro atoms. The number of hydrogen-bond acceptors (Lipinski definition) is 10. The van der Waals surface area contributed by atoms with Crippen LogP contribution in [0.1, 0.15) is 12.0 Å². The molecule has 0 amide bonds. The monoisotopic (exact) mass is 708 g/mol. The van der Waals surface area contributed by atoms with Crippen LogP contribution in [0.3, 0.4) is 0 Å². The molecule has 0 radical (unpaired) electrons. The Kier molecular flexibility index (Phi) is 15.0. The minimum absolute atomic E-state index is 0. The van der Waals surface area contributed by atoms with E-state index in [0.717, 1.165) is 59.8 Å². The topological polar surface area (TPSA) is 87.6 Å². The molecule has 1 aliphatic rings. The lowest BCUT2D eigenvalue weighted by molar-refractivity contribution is 0.324. The number of pyridine rings is 2. The number of anilines is 1. The van der Waals surface area contributed by atoms with Crippen LogP contribution in [-0.4, -0.2) is 83.7 Å². The molecule has 47 heavy (non-hydrogen) atoms. The zero-order valence-electron chi connectivity index (χ0n) is 27.6. The van der Waals surface area contributed by atoms with Crippen molar-refractivity contribution in [3.8, 4) is 57.0 Å². The van der Waals surface area contributed by atoms with Crippen molar-refractivity contribution in [2.45, 2.75) is 19.0 Å². The van der Waals surface area contributed by atoms with Crippen molar-refractivity contribution in [2.75, 3.05) is 67.7 Å². The highest BCUT2D eigenvalue weighted by Crippen LogP contribution is 2.43. The Morgan fingerprint density at radius 1 is 0.702 bits per heavy atom. The van der Waals surface area contributed by atoms with E-state index in [2.05, 4.69) is 34.0 Å². The Morgan fingerprint density at radius 2 is 1.26 bits per heavy atom. The lowest BCUT2D eigenvalue weighted by Crippen LogP contribution is -2.34. The summed E-state index contributed by atoms with van der Waals surface area (Å²) in [5, 5.41) is 0. The molecule has 13 heteroatoms. The van der Waals surface area contributed by atoms with Crippen LogP contribution >= 0.6 is 37.2 Å². The lowest BCUT2D eigenvalue weighted by atomic mass is 10.0. The number of rotatable bonds is 12. The lowest BCUT2D eigenvalue weighted by Gasteiger charge is -2.27. The average Bonchev–Trinajstić information content (AvgIpc) is 3.55. The normalized spacial score (nSPS) is 13.7. The third-order valence-corrected chi connectivity index (χ3v) is 8.13. The summed E-state index contributed by atoms with van der Waals surface area (Å²) in [4.78, 5) is 14.2. The van der Waals surface area contributed by atoms with Crippen LogP contribution < -0.4 is 33.3 Å². The maximum absolute atomic E-state index is 5.60. The molecule has 256 valence electrons. The summed E-state index contributed by atoms with van der Waals surface area (Å²) in [5.74, 6) is 3.51. The van der Waals surface area contributed by atoms with Crippen LogP contribution in [0.4, 0.5) is 5.69 Å². The minimum atomic E-state index is 0. The van der Waals surface area contributed by atoms with Gasteiger partial charge in [-0.05, 0) is 54.4 Å². The van der Waals surface area contributed by atoms with E-state index in [1.165, 1.54) is 0 Å². The molecule has 1 fully saturated rings. The maximum atomic E-state index is 5.60. The Hall–Kier alpha value is -3.83. The number of halogens is 3. The zero-order chi connectivity index (χ0) is 31.2. The van der Waals surface area contributed by atoms with Gasteiger partial charge < -0.3 is 33.3 Å². The molecular weight excluding hydrogens is 667 g/mol. The van der Waals surface area contributed by atoms with E-state index in [0.29, 0.717) is 40.5 Å². The first-order chi connectivity index (χ1) is 21.4. The Labute approximate surface area is 295 Å². The molecule has 0 unspecified atom stereocenters. The maximum Gasteiger partial charge on any atom is 0.203 e. The van der Waals surface area contributed by atoms with Gasteiger partial charge in [-0.1, -0.05) is 6.07 Å². The third kappa shape index (κ3) is 8.37.